The van der Waals surface area contributed by atoms with Crippen molar-refractivity contribution >= 4 is 0 Å². The van der Waals surface area contributed by atoms with Crippen LogP contribution < -0.4 is 0 Å². The van der Waals surface area contributed by atoms with Crippen molar-refractivity contribution in [3.05, 3.63) is 0 Å². The molecule has 3 heteroatoms. The van der Waals surface area contributed by atoms with E-state index >= 15 is 0 Å². The minimum Gasteiger partial charge on any atom is -0.345 e. The van der Waals surface area contributed by atoms with Gasteiger partial charge in [0.25, 0.3) is 0 Å². The van der Waals surface area contributed by atoms with Crippen LogP contribution >= 0.6 is 0 Å². The number of hydrogen-bond donors (Lipinski definition) is 2. The Balaban J connectivity index is 4.57. The fourth-order valence-electron chi connectivity index (χ4n) is 2.08. The van der Waals surface area contributed by atoms with E-state index in [9.17, 15) is 10.2 Å². The van der Waals surface area contributed by atoms with E-state index < -0.39 is 12.5 Å². The van der Waals surface area contributed by atoms with E-state index in [0.29, 0.717) is 4.48 Å². The van der Waals surface area contributed by atoms with E-state index in [1.165, 1.54) is 0 Å². The molecule has 0 saturated heterocycles. The fourth-order valence-corrected chi connectivity index (χ4v) is 2.08. The molecule has 2 N–H and O–H groups in total. The lowest BCUT2D eigenvalue weighted by Crippen LogP contribution is -2.60. The molecule has 0 aromatic heterocycles. The molecule has 0 fully saturated rings. The van der Waals surface area contributed by atoms with E-state index in [1.54, 1.807) is 13.8 Å². The molecule has 0 amide bonds. The molecule has 0 spiro atoms. The molecule has 0 aliphatic carbocycles. The molecule has 3 nitrogen and oxygen atoms in total. The van der Waals surface area contributed by atoms with Crippen LogP contribution in [0.2, 0.25) is 0 Å². The van der Waals surface area contributed by atoms with Gasteiger partial charge in [-0.15, -0.1) is 0 Å². The van der Waals surface area contributed by atoms with Crippen LogP contribution in [0.5, 0.6) is 0 Å². The Morgan fingerprint density at radius 1 is 0.867 bits per heavy atom. The highest BCUT2D eigenvalue weighted by Gasteiger charge is 2.36. The van der Waals surface area contributed by atoms with Crippen LogP contribution in [0, 0.1) is 0 Å². The maximum absolute atomic E-state index is 9.90. The molecule has 0 radical (unpaired) electrons. The van der Waals surface area contributed by atoms with Crippen LogP contribution in [0.3, 0.4) is 0 Å². The predicted molar refractivity (Wildman–Crippen MR) is 63.2 cm³/mol. The van der Waals surface area contributed by atoms with Crippen LogP contribution in [0.4, 0.5) is 0 Å². The summed E-state index contributed by atoms with van der Waals surface area (Å²) in [6.07, 6.45) is 3.35. The first-order valence-corrected chi connectivity index (χ1v) is 6.23. The first-order chi connectivity index (χ1) is 7.01. The van der Waals surface area contributed by atoms with Crippen molar-refractivity contribution in [3.63, 3.8) is 0 Å². The minimum absolute atomic E-state index is 0.432. The van der Waals surface area contributed by atoms with Crippen molar-refractivity contribution in [2.75, 3.05) is 13.1 Å². The van der Waals surface area contributed by atoms with Gasteiger partial charge in [-0.05, 0) is 12.8 Å². The van der Waals surface area contributed by atoms with E-state index in [2.05, 4.69) is 13.8 Å². The van der Waals surface area contributed by atoms with E-state index in [-0.39, 0.29) is 0 Å². The highest BCUT2D eigenvalue weighted by atomic mass is 16.3. The number of rotatable bonds is 8. The van der Waals surface area contributed by atoms with E-state index in [1.807, 2.05) is 0 Å². The average molecular weight is 218 g/mol. The molecule has 0 bridgehead atoms. The van der Waals surface area contributed by atoms with Gasteiger partial charge in [0, 0.05) is 13.8 Å². The number of aliphatic hydroxyl groups excluding tert-OH is 2. The lowest BCUT2D eigenvalue weighted by Gasteiger charge is -2.43. The van der Waals surface area contributed by atoms with Gasteiger partial charge in [-0.2, -0.15) is 0 Å². The molecule has 15 heavy (non-hydrogen) atoms. The third-order valence-electron chi connectivity index (χ3n) is 3.34. The Kier molecular flexibility index (Phi) is 7.14. The van der Waals surface area contributed by atoms with E-state index in [0.717, 1.165) is 38.8 Å². The molecule has 2 atom stereocenters. The summed E-state index contributed by atoms with van der Waals surface area (Å²) >= 11 is 0. The Hall–Kier alpha value is -0.120. The van der Waals surface area contributed by atoms with Crippen molar-refractivity contribution in [2.24, 2.45) is 0 Å². The van der Waals surface area contributed by atoms with Gasteiger partial charge in [-0.1, -0.05) is 26.7 Å². The third kappa shape index (κ3) is 4.09. The maximum atomic E-state index is 9.90. The minimum atomic E-state index is -0.483. The molecule has 0 aromatic carbocycles. The van der Waals surface area contributed by atoms with Crippen LogP contribution in [-0.2, 0) is 0 Å². The quantitative estimate of drug-likeness (QED) is 0.484. The van der Waals surface area contributed by atoms with Gasteiger partial charge in [0.05, 0.1) is 13.1 Å². The van der Waals surface area contributed by atoms with E-state index in [4.69, 9.17) is 0 Å². The number of unbranched alkanes of at least 4 members (excludes halogenated alkanes) is 2. The molecule has 0 aliphatic rings. The monoisotopic (exact) mass is 218 g/mol. The van der Waals surface area contributed by atoms with Crippen molar-refractivity contribution in [1.29, 1.82) is 0 Å². The standard InChI is InChI=1S/C12H28NO2/c1-5-7-9-13(11(3)14,12(4)15)10-8-6-2/h11-12,14-15H,5-10H2,1-4H3/q+1. The summed E-state index contributed by atoms with van der Waals surface area (Å²) in [5, 5.41) is 19.8. The molecule has 0 aromatic rings. The van der Waals surface area contributed by atoms with Crippen molar-refractivity contribution in [3.8, 4) is 0 Å². The number of hydrogen-bond acceptors (Lipinski definition) is 2. The summed E-state index contributed by atoms with van der Waals surface area (Å²) < 4.78 is 0.432. The summed E-state index contributed by atoms with van der Waals surface area (Å²) in [4.78, 5) is 0. The van der Waals surface area contributed by atoms with Crippen LogP contribution in [0.15, 0.2) is 0 Å². The topological polar surface area (TPSA) is 40.5 Å². The maximum Gasteiger partial charge on any atom is 0.189 e. The van der Waals surface area contributed by atoms with Gasteiger partial charge in [-0.3, -0.25) is 4.48 Å². The highest BCUT2D eigenvalue weighted by molar-refractivity contribution is 4.48. The van der Waals surface area contributed by atoms with Crippen molar-refractivity contribution in [2.45, 2.75) is 65.8 Å². The first-order valence-electron chi connectivity index (χ1n) is 6.23. The highest BCUT2D eigenvalue weighted by Crippen LogP contribution is 2.20. The third-order valence-corrected chi connectivity index (χ3v) is 3.34. The second-order valence-electron chi connectivity index (χ2n) is 4.52. The lowest BCUT2D eigenvalue weighted by atomic mass is 10.2. The zero-order chi connectivity index (χ0) is 11.9. The van der Waals surface area contributed by atoms with Crippen LogP contribution in [0.1, 0.15) is 53.4 Å². The van der Waals surface area contributed by atoms with Gasteiger partial charge in [0.2, 0.25) is 0 Å². The average Bonchev–Trinajstić information content (AvgIpc) is 2.17. The first kappa shape index (κ1) is 14.9. The molecular weight excluding hydrogens is 190 g/mol. The summed E-state index contributed by atoms with van der Waals surface area (Å²) in [5.41, 5.74) is 0. The Morgan fingerprint density at radius 2 is 1.20 bits per heavy atom. The molecule has 0 heterocycles. The number of aliphatic hydroxyl groups is 2. The largest absolute Gasteiger partial charge is 0.345 e. The number of quaternary nitrogens is 1. The second kappa shape index (κ2) is 7.20. The molecule has 92 valence electrons. The summed E-state index contributed by atoms with van der Waals surface area (Å²) in [6, 6.07) is 0. The zero-order valence-corrected chi connectivity index (χ0v) is 10.7. The molecule has 0 rings (SSSR count). The summed E-state index contributed by atoms with van der Waals surface area (Å²) in [7, 11) is 0. The summed E-state index contributed by atoms with van der Waals surface area (Å²) in [6.45, 7) is 9.59. The Bertz CT molecular complexity index is 140. The summed E-state index contributed by atoms with van der Waals surface area (Å²) in [5.74, 6) is 0. The van der Waals surface area contributed by atoms with Gasteiger partial charge in [-0.25, -0.2) is 0 Å². The van der Waals surface area contributed by atoms with Crippen LogP contribution in [0.25, 0.3) is 0 Å². The molecule has 0 saturated carbocycles. The van der Waals surface area contributed by atoms with Crippen LogP contribution in [-0.4, -0.2) is 40.2 Å². The van der Waals surface area contributed by atoms with Gasteiger partial charge >= 0.3 is 0 Å². The van der Waals surface area contributed by atoms with Gasteiger partial charge in [0.15, 0.2) is 12.5 Å². The predicted octanol–water partition coefficient (Wildman–Crippen LogP) is 2.08. The van der Waals surface area contributed by atoms with Gasteiger partial charge < -0.3 is 10.2 Å². The van der Waals surface area contributed by atoms with Crippen molar-refractivity contribution in [1.82, 2.24) is 0 Å². The smallest absolute Gasteiger partial charge is 0.189 e. The Morgan fingerprint density at radius 3 is 1.40 bits per heavy atom. The molecule has 0 aliphatic heterocycles. The second-order valence-corrected chi connectivity index (χ2v) is 4.52. The fraction of sp³-hybridized carbons (Fsp3) is 1.00. The number of nitrogens with zero attached hydrogens (tertiary/aromatic N) is 1. The molecular formula is C12H28NO2+. The lowest BCUT2D eigenvalue weighted by molar-refractivity contribution is -1.01. The normalized spacial score (nSPS) is 16.4. The molecule has 2 unspecified atom stereocenters. The SMILES string of the molecule is CCCC[N+](CCCC)(C(C)O)C(C)O. The Labute approximate surface area is 94.3 Å². The van der Waals surface area contributed by atoms with Crippen molar-refractivity contribution < 1.29 is 14.7 Å². The zero-order valence-electron chi connectivity index (χ0n) is 10.7. The van der Waals surface area contributed by atoms with Gasteiger partial charge in [0.1, 0.15) is 0 Å².